The van der Waals surface area contributed by atoms with E-state index >= 15 is 0 Å². The molecule has 1 amide bonds. The molecule has 0 saturated carbocycles. The molecule has 3 aromatic rings. The van der Waals surface area contributed by atoms with Gasteiger partial charge in [-0.25, -0.2) is 0 Å². The summed E-state index contributed by atoms with van der Waals surface area (Å²) in [4.78, 5) is 18.1. The quantitative estimate of drug-likeness (QED) is 0.587. The summed E-state index contributed by atoms with van der Waals surface area (Å²) in [5, 5.41) is 3.04. The second kappa shape index (κ2) is 8.99. The predicted molar refractivity (Wildman–Crippen MR) is 115 cm³/mol. The normalized spacial score (nSPS) is 11.2. The molecular weight excluding hydrogens is 368 g/mol. The highest BCUT2D eigenvalue weighted by atomic mass is 32.1. The van der Waals surface area contributed by atoms with Gasteiger partial charge in [0.15, 0.2) is 4.77 Å². The summed E-state index contributed by atoms with van der Waals surface area (Å²) >= 11 is 5.37. The number of nitrogens with one attached hydrogen (secondary N) is 2. The van der Waals surface area contributed by atoms with Crippen molar-refractivity contribution in [1.29, 1.82) is 0 Å². The minimum Gasteiger partial charge on any atom is -0.347 e. The number of nitrogens with zero attached hydrogens (tertiary/aromatic N) is 2. The van der Waals surface area contributed by atoms with Crippen LogP contribution in [0.25, 0.3) is 5.69 Å². The molecule has 0 spiro atoms. The van der Waals surface area contributed by atoms with Crippen LogP contribution in [-0.4, -0.2) is 33.4 Å². The van der Waals surface area contributed by atoms with E-state index in [1.165, 1.54) is 5.56 Å². The van der Waals surface area contributed by atoms with Gasteiger partial charge in [0.2, 0.25) is 0 Å². The summed E-state index contributed by atoms with van der Waals surface area (Å²) in [7, 11) is 2.10. The molecule has 0 aliphatic heterocycles. The molecule has 0 aliphatic carbocycles. The Morgan fingerprint density at radius 2 is 1.75 bits per heavy atom. The fourth-order valence-electron chi connectivity index (χ4n) is 2.97. The van der Waals surface area contributed by atoms with Gasteiger partial charge in [0.05, 0.1) is 0 Å². The number of para-hydroxylation sites is 1. The van der Waals surface area contributed by atoms with Crippen molar-refractivity contribution < 1.29 is 4.79 Å². The highest BCUT2D eigenvalue weighted by Gasteiger charge is 2.15. The summed E-state index contributed by atoms with van der Waals surface area (Å²) in [6.45, 7) is 5.65. The van der Waals surface area contributed by atoms with E-state index < -0.39 is 0 Å². The lowest BCUT2D eigenvalue weighted by Crippen LogP contribution is -2.28. The van der Waals surface area contributed by atoms with Gasteiger partial charge in [0.25, 0.3) is 5.91 Å². The lowest BCUT2D eigenvalue weighted by Gasteiger charge is -2.22. The van der Waals surface area contributed by atoms with Crippen LogP contribution in [0.4, 0.5) is 0 Å². The number of amides is 1. The monoisotopic (exact) mass is 394 g/mol. The van der Waals surface area contributed by atoms with E-state index in [1.807, 2.05) is 42.5 Å². The van der Waals surface area contributed by atoms with Crippen LogP contribution in [-0.2, 0) is 13.1 Å². The molecule has 28 heavy (non-hydrogen) atoms. The zero-order valence-corrected chi connectivity index (χ0v) is 17.3. The molecule has 0 saturated heterocycles. The van der Waals surface area contributed by atoms with E-state index in [4.69, 9.17) is 12.2 Å². The number of aromatic nitrogens is 2. The molecule has 0 bridgehead atoms. The highest BCUT2D eigenvalue weighted by molar-refractivity contribution is 7.71. The summed E-state index contributed by atoms with van der Waals surface area (Å²) in [6.07, 6.45) is 1.66. The molecule has 0 radical (unpaired) electrons. The summed E-state index contributed by atoms with van der Waals surface area (Å²) in [5.41, 5.74) is 3.68. The summed E-state index contributed by atoms with van der Waals surface area (Å²) < 4.78 is 2.25. The number of H-pyrrole nitrogens is 1. The van der Waals surface area contributed by atoms with Crippen molar-refractivity contribution in [2.75, 3.05) is 7.05 Å². The Bertz CT molecular complexity index is 991. The van der Waals surface area contributed by atoms with Gasteiger partial charge in [-0.15, -0.1) is 0 Å². The summed E-state index contributed by atoms with van der Waals surface area (Å²) in [5.74, 6) is -0.164. The first-order valence-electron chi connectivity index (χ1n) is 9.38. The molecule has 5 nitrogen and oxygen atoms in total. The average molecular weight is 395 g/mol. The molecule has 0 aliphatic rings. The Labute approximate surface area is 171 Å². The third-order valence-electron chi connectivity index (χ3n) is 4.88. The number of aromatic amines is 1. The molecule has 2 aromatic carbocycles. The lowest BCUT2D eigenvalue weighted by atomic mass is 10.1. The van der Waals surface area contributed by atoms with E-state index in [9.17, 15) is 4.79 Å². The van der Waals surface area contributed by atoms with E-state index in [-0.39, 0.29) is 5.91 Å². The maximum atomic E-state index is 12.9. The zero-order valence-electron chi connectivity index (χ0n) is 16.5. The van der Waals surface area contributed by atoms with E-state index in [2.05, 4.69) is 48.2 Å². The van der Waals surface area contributed by atoms with Crippen LogP contribution >= 0.6 is 12.2 Å². The van der Waals surface area contributed by atoms with Crippen LogP contribution in [0.2, 0.25) is 0 Å². The Kier molecular flexibility index (Phi) is 6.44. The van der Waals surface area contributed by atoms with Gasteiger partial charge < -0.3 is 10.3 Å². The third kappa shape index (κ3) is 4.58. The smallest absolute Gasteiger partial charge is 0.270 e. The molecule has 1 heterocycles. The average Bonchev–Trinajstić information content (AvgIpc) is 3.09. The second-order valence-electron chi connectivity index (χ2n) is 7.11. The Morgan fingerprint density at radius 1 is 1.11 bits per heavy atom. The molecular formula is C22H26N4OS. The van der Waals surface area contributed by atoms with E-state index in [1.54, 1.807) is 10.8 Å². The van der Waals surface area contributed by atoms with Crippen LogP contribution in [0.1, 0.15) is 35.5 Å². The number of carbonyl (C=O) groups is 1. The first kappa shape index (κ1) is 20.0. The van der Waals surface area contributed by atoms with Crippen molar-refractivity contribution >= 4 is 18.1 Å². The van der Waals surface area contributed by atoms with Crippen LogP contribution in [0, 0.1) is 4.77 Å². The largest absolute Gasteiger partial charge is 0.347 e. The molecule has 0 atom stereocenters. The summed E-state index contributed by atoms with van der Waals surface area (Å²) in [6, 6.07) is 18.3. The third-order valence-corrected chi connectivity index (χ3v) is 5.18. The van der Waals surface area contributed by atoms with Crippen molar-refractivity contribution in [2.45, 2.75) is 33.0 Å². The minimum atomic E-state index is -0.164. The number of imidazole rings is 1. The molecule has 6 heteroatoms. The van der Waals surface area contributed by atoms with Crippen molar-refractivity contribution in [3.63, 3.8) is 0 Å². The van der Waals surface area contributed by atoms with Crippen molar-refractivity contribution in [3.05, 3.63) is 82.4 Å². The molecule has 0 unspecified atom stereocenters. The molecule has 2 N–H and O–H groups in total. The predicted octanol–water partition coefficient (Wildman–Crippen LogP) is 4.31. The maximum absolute atomic E-state index is 12.9. The van der Waals surface area contributed by atoms with Gasteiger partial charge in [-0.3, -0.25) is 14.3 Å². The zero-order chi connectivity index (χ0) is 20.1. The lowest BCUT2D eigenvalue weighted by molar-refractivity contribution is 0.0944. The van der Waals surface area contributed by atoms with E-state index in [0.29, 0.717) is 23.1 Å². The van der Waals surface area contributed by atoms with Crippen LogP contribution in [0.15, 0.2) is 60.8 Å². The van der Waals surface area contributed by atoms with Crippen LogP contribution < -0.4 is 5.32 Å². The minimum absolute atomic E-state index is 0.164. The number of benzene rings is 2. The Balaban J connectivity index is 1.77. The Hall–Kier alpha value is -2.70. The maximum Gasteiger partial charge on any atom is 0.270 e. The fraction of sp³-hybridized carbons (Fsp3) is 0.273. The SMILES string of the molecule is CC(C)N(C)Cc1ccccc1CNC(=O)c1c[nH]c(=S)n1-c1ccccc1. The van der Waals surface area contributed by atoms with Gasteiger partial charge in [-0.2, -0.15) is 0 Å². The van der Waals surface area contributed by atoms with Crippen molar-refractivity contribution in [2.24, 2.45) is 0 Å². The molecule has 3 rings (SSSR count). The number of rotatable bonds is 7. The van der Waals surface area contributed by atoms with Gasteiger partial charge in [0.1, 0.15) is 5.69 Å². The van der Waals surface area contributed by atoms with Crippen molar-refractivity contribution in [1.82, 2.24) is 19.8 Å². The van der Waals surface area contributed by atoms with Gasteiger partial charge in [-0.1, -0.05) is 42.5 Å². The number of carbonyl (C=O) groups excluding carboxylic acids is 1. The van der Waals surface area contributed by atoms with Gasteiger partial charge >= 0.3 is 0 Å². The van der Waals surface area contributed by atoms with Gasteiger partial charge in [-0.05, 0) is 56.4 Å². The topological polar surface area (TPSA) is 53.1 Å². The Morgan fingerprint density at radius 3 is 2.43 bits per heavy atom. The van der Waals surface area contributed by atoms with Crippen LogP contribution in [0.3, 0.4) is 0 Å². The second-order valence-corrected chi connectivity index (χ2v) is 7.50. The van der Waals surface area contributed by atoms with Crippen molar-refractivity contribution in [3.8, 4) is 5.69 Å². The first-order valence-corrected chi connectivity index (χ1v) is 9.79. The molecule has 0 fully saturated rings. The van der Waals surface area contributed by atoms with Gasteiger partial charge in [0, 0.05) is 31.0 Å². The van der Waals surface area contributed by atoms with E-state index in [0.717, 1.165) is 17.8 Å². The molecule has 1 aromatic heterocycles. The standard InChI is InChI=1S/C22H26N4OS/c1-16(2)25(3)15-18-10-8-7-9-17(18)13-23-21(27)20-14-24-22(28)26(20)19-11-5-4-6-12-19/h4-12,14,16H,13,15H2,1-3H3,(H,23,27)(H,24,28). The molecule has 146 valence electrons. The number of hydrogen-bond acceptors (Lipinski definition) is 3. The number of hydrogen-bond donors (Lipinski definition) is 2. The van der Waals surface area contributed by atoms with Crippen LogP contribution in [0.5, 0.6) is 0 Å². The fourth-order valence-corrected chi connectivity index (χ4v) is 3.23. The highest BCUT2D eigenvalue weighted by Crippen LogP contribution is 2.15. The first-order chi connectivity index (χ1) is 13.5.